The van der Waals surface area contributed by atoms with Crippen LogP contribution in [0.2, 0.25) is 0 Å². The molecule has 1 heterocycles. The van der Waals surface area contributed by atoms with Crippen molar-refractivity contribution in [2.75, 3.05) is 5.75 Å². The molecule has 1 aromatic rings. The van der Waals surface area contributed by atoms with E-state index in [0.29, 0.717) is 5.92 Å². The van der Waals surface area contributed by atoms with Crippen molar-refractivity contribution in [2.45, 2.75) is 31.8 Å². The summed E-state index contributed by atoms with van der Waals surface area (Å²) in [6, 6.07) is 0. The predicted octanol–water partition coefficient (Wildman–Crippen LogP) is 2.65. The van der Waals surface area contributed by atoms with Crippen LogP contribution in [0.1, 0.15) is 32.4 Å². The van der Waals surface area contributed by atoms with Crippen LogP contribution in [-0.4, -0.2) is 15.7 Å². The highest BCUT2D eigenvalue weighted by atomic mass is 32.2. The van der Waals surface area contributed by atoms with Gasteiger partial charge in [-0.1, -0.05) is 32.5 Å². The minimum atomic E-state index is 0.550. The van der Waals surface area contributed by atoms with Gasteiger partial charge in [0.15, 0.2) is 5.16 Å². The topological polar surface area (TPSA) is 28.7 Å². The van der Waals surface area contributed by atoms with Gasteiger partial charge in [-0.25, -0.2) is 4.98 Å². The second-order valence-electron chi connectivity index (χ2n) is 2.73. The summed E-state index contributed by atoms with van der Waals surface area (Å²) in [7, 11) is 0. The van der Waals surface area contributed by atoms with Crippen LogP contribution in [0.4, 0.5) is 0 Å². The lowest BCUT2D eigenvalue weighted by Gasteiger charge is -1.97. The van der Waals surface area contributed by atoms with E-state index in [1.165, 1.54) is 5.69 Å². The molecular weight excluding hydrogens is 156 g/mol. The molecule has 0 amide bonds. The van der Waals surface area contributed by atoms with E-state index in [4.69, 9.17) is 0 Å². The Morgan fingerprint density at radius 2 is 2.36 bits per heavy atom. The highest BCUT2D eigenvalue weighted by Crippen LogP contribution is 2.17. The Labute approximate surface area is 71.8 Å². The monoisotopic (exact) mass is 170 g/mol. The lowest BCUT2D eigenvalue weighted by molar-refractivity contribution is 0.821. The Morgan fingerprint density at radius 3 is 2.82 bits per heavy atom. The van der Waals surface area contributed by atoms with Gasteiger partial charge in [-0.2, -0.15) is 0 Å². The molecule has 0 spiro atoms. The summed E-state index contributed by atoms with van der Waals surface area (Å²) in [5.74, 6) is 1.62. The molecule has 2 nitrogen and oxygen atoms in total. The Kier molecular flexibility index (Phi) is 3.00. The quantitative estimate of drug-likeness (QED) is 0.706. The van der Waals surface area contributed by atoms with Crippen molar-refractivity contribution in [3.8, 4) is 0 Å². The molecule has 0 bridgehead atoms. The van der Waals surface area contributed by atoms with E-state index in [1.807, 2.05) is 6.20 Å². The maximum absolute atomic E-state index is 4.23. The first-order chi connectivity index (χ1) is 5.24. The fraction of sp³-hybridized carbons (Fsp3) is 0.625. The SMILES string of the molecule is CCSc1ncc(C(C)C)[nH]1. The van der Waals surface area contributed by atoms with Gasteiger partial charge >= 0.3 is 0 Å². The average molecular weight is 170 g/mol. The molecule has 0 aliphatic carbocycles. The molecule has 3 heteroatoms. The molecule has 0 aliphatic heterocycles. The lowest BCUT2D eigenvalue weighted by atomic mass is 10.2. The number of hydrogen-bond donors (Lipinski definition) is 1. The first kappa shape index (κ1) is 8.65. The van der Waals surface area contributed by atoms with Crippen molar-refractivity contribution in [3.05, 3.63) is 11.9 Å². The zero-order valence-corrected chi connectivity index (χ0v) is 8.03. The fourth-order valence-corrected chi connectivity index (χ4v) is 1.41. The second-order valence-corrected chi connectivity index (χ2v) is 3.98. The van der Waals surface area contributed by atoms with Crippen molar-refractivity contribution < 1.29 is 0 Å². The number of thioether (sulfide) groups is 1. The molecule has 0 radical (unpaired) electrons. The van der Waals surface area contributed by atoms with Crippen molar-refractivity contribution >= 4 is 11.8 Å². The van der Waals surface area contributed by atoms with Crippen LogP contribution in [0.25, 0.3) is 0 Å². The number of hydrogen-bond acceptors (Lipinski definition) is 2. The molecular formula is C8H14N2S. The van der Waals surface area contributed by atoms with E-state index >= 15 is 0 Å². The number of nitrogens with one attached hydrogen (secondary N) is 1. The fourth-order valence-electron chi connectivity index (χ4n) is 0.820. The minimum Gasteiger partial charge on any atom is -0.337 e. The molecule has 11 heavy (non-hydrogen) atoms. The maximum Gasteiger partial charge on any atom is 0.165 e. The van der Waals surface area contributed by atoms with Gasteiger partial charge in [-0.3, -0.25) is 0 Å². The zero-order valence-electron chi connectivity index (χ0n) is 7.22. The first-order valence-electron chi connectivity index (χ1n) is 3.91. The molecule has 0 aliphatic rings. The molecule has 0 saturated carbocycles. The van der Waals surface area contributed by atoms with E-state index in [9.17, 15) is 0 Å². The number of imidazole rings is 1. The summed E-state index contributed by atoms with van der Waals surface area (Å²) < 4.78 is 0. The van der Waals surface area contributed by atoms with E-state index in [0.717, 1.165) is 10.9 Å². The summed E-state index contributed by atoms with van der Waals surface area (Å²) in [5, 5.41) is 1.04. The van der Waals surface area contributed by atoms with Crippen LogP contribution in [0, 0.1) is 0 Å². The first-order valence-corrected chi connectivity index (χ1v) is 4.90. The van der Waals surface area contributed by atoms with Gasteiger partial charge in [0.25, 0.3) is 0 Å². The molecule has 0 saturated heterocycles. The smallest absolute Gasteiger partial charge is 0.165 e. The third-order valence-electron chi connectivity index (χ3n) is 1.48. The van der Waals surface area contributed by atoms with Crippen molar-refractivity contribution in [1.29, 1.82) is 0 Å². The molecule has 0 atom stereocenters. The number of H-pyrrole nitrogens is 1. The van der Waals surface area contributed by atoms with E-state index in [1.54, 1.807) is 11.8 Å². The van der Waals surface area contributed by atoms with Crippen LogP contribution >= 0.6 is 11.8 Å². The van der Waals surface area contributed by atoms with E-state index < -0.39 is 0 Å². The second kappa shape index (κ2) is 3.81. The molecule has 1 aromatic heterocycles. The van der Waals surface area contributed by atoms with Gasteiger partial charge in [-0.15, -0.1) is 0 Å². The van der Waals surface area contributed by atoms with Gasteiger partial charge in [0, 0.05) is 11.9 Å². The summed E-state index contributed by atoms with van der Waals surface area (Å²) in [6.45, 7) is 6.45. The van der Waals surface area contributed by atoms with Crippen molar-refractivity contribution in [3.63, 3.8) is 0 Å². The summed E-state index contributed by atoms with van der Waals surface area (Å²) >= 11 is 1.75. The normalized spacial score (nSPS) is 10.9. The summed E-state index contributed by atoms with van der Waals surface area (Å²) in [5.41, 5.74) is 1.22. The van der Waals surface area contributed by atoms with E-state index in [2.05, 4.69) is 30.7 Å². The van der Waals surface area contributed by atoms with Crippen LogP contribution in [0.15, 0.2) is 11.4 Å². The lowest BCUT2D eigenvalue weighted by Crippen LogP contribution is -1.85. The third kappa shape index (κ3) is 2.26. The Morgan fingerprint density at radius 1 is 1.64 bits per heavy atom. The maximum atomic E-state index is 4.23. The van der Waals surface area contributed by atoms with Crippen molar-refractivity contribution in [2.24, 2.45) is 0 Å². The standard InChI is InChI=1S/C8H14N2S/c1-4-11-8-9-5-7(10-8)6(2)3/h5-6H,4H2,1-3H3,(H,9,10). The number of aromatic nitrogens is 2. The van der Waals surface area contributed by atoms with Crippen molar-refractivity contribution in [1.82, 2.24) is 9.97 Å². The number of aromatic amines is 1. The highest BCUT2D eigenvalue weighted by Gasteiger charge is 2.02. The van der Waals surface area contributed by atoms with Crippen LogP contribution in [0.3, 0.4) is 0 Å². The zero-order chi connectivity index (χ0) is 8.27. The van der Waals surface area contributed by atoms with Gasteiger partial charge in [-0.05, 0) is 11.7 Å². The van der Waals surface area contributed by atoms with E-state index in [-0.39, 0.29) is 0 Å². The average Bonchev–Trinajstić information content (AvgIpc) is 2.37. The molecule has 0 aromatic carbocycles. The predicted molar refractivity (Wildman–Crippen MR) is 49.1 cm³/mol. The molecule has 0 fully saturated rings. The van der Waals surface area contributed by atoms with Crippen LogP contribution in [-0.2, 0) is 0 Å². The highest BCUT2D eigenvalue weighted by molar-refractivity contribution is 7.99. The van der Waals surface area contributed by atoms with Gasteiger partial charge in [0.2, 0.25) is 0 Å². The number of rotatable bonds is 3. The Balaban J connectivity index is 2.66. The number of nitrogens with zero attached hydrogens (tertiary/aromatic N) is 1. The van der Waals surface area contributed by atoms with Gasteiger partial charge in [0.1, 0.15) is 0 Å². The third-order valence-corrected chi connectivity index (χ3v) is 2.24. The molecule has 1 rings (SSSR count). The van der Waals surface area contributed by atoms with Crippen LogP contribution in [0.5, 0.6) is 0 Å². The Bertz CT molecular complexity index is 218. The van der Waals surface area contributed by atoms with Crippen LogP contribution < -0.4 is 0 Å². The molecule has 0 unspecified atom stereocenters. The largest absolute Gasteiger partial charge is 0.337 e. The molecule has 62 valence electrons. The Hall–Kier alpha value is -0.440. The summed E-state index contributed by atoms with van der Waals surface area (Å²) in [6.07, 6.45) is 1.92. The van der Waals surface area contributed by atoms with Gasteiger partial charge in [0.05, 0.1) is 0 Å². The van der Waals surface area contributed by atoms with Gasteiger partial charge < -0.3 is 4.98 Å². The summed E-state index contributed by atoms with van der Waals surface area (Å²) in [4.78, 5) is 7.50. The molecule has 1 N–H and O–H groups in total. The minimum absolute atomic E-state index is 0.550.